The van der Waals surface area contributed by atoms with E-state index in [0.717, 1.165) is 0 Å². The van der Waals surface area contributed by atoms with Crippen molar-refractivity contribution < 1.29 is 11.4 Å². The van der Waals surface area contributed by atoms with E-state index in [0.29, 0.717) is 0 Å². The van der Waals surface area contributed by atoms with Gasteiger partial charge in [-0.2, -0.15) is 20.8 Å². The van der Waals surface area contributed by atoms with Gasteiger partial charge in [0, 0.05) is 0 Å². The van der Waals surface area contributed by atoms with Crippen LogP contribution in [0.3, 0.4) is 0 Å². The zero-order valence-corrected chi connectivity index (χ0v) is 9.16. The van der Waals surface area contributed by atoms with Crippen LogP contribution in [0.15, 0.2) is 0 Å². The van der Waals surface area contributed by atoms with Crippen molar-refractivity contribution in [2.24, 2.45) is 0 Å². The Labute approximate surface area is 74.3 Å². The summed E-state index contributed by atoms with van der Waals surface area (Å²) in [6, 6.07) is 0. The molecule has 0 saturated carbocycles. The number of hydrogen-bond acceptors (Lipinski definition) is 0. The van der Waals surface area contributed by atoms with E-state index in [9.17, 15) is 0 Å². The van der Waals surface area contributed by atoms with Crippen molar-refractivity contribution in [2.75, 3.05) is 0 Å². The maximum Gasteiger partial charge on any atom is -0.693 e. The van der Waals surface area contributed by atoms with Crippen LogP contribution in [-0.2, 0) is 11.4 Å². The first-order valence-electron chi connectivity index (χ1n) is 1.96. The maximum atomic E-state index is 4.93. The smallest absolute Gasteiger partial charge is 0.693 e. The Hall–Kier alpha value is 1.36. The molecular weight excluding hydrogens is 220 g/mol. The Morgan fingerprint density at radius 2 is 1.00 bits per heavy atom. The third kappa shape index (κ3) is 273. The van der Waals surface area contributed by atoms with Gasteiger partial charge in [0.05, 0.1) is 0 Å². The minimum absolute atomic E-state index is 0. The Balaban J connectivity index is -0.0000000720. The summed E-state index contributed by atoms with van der Waals surface area (Å²) < 4.78 is 0. The van der Waals surface area contributed by atoms with Crippen LogP contribution in [0.2, 0.25) is 0 Å². The van der Waals surface area contributed by atoms with Crippen molar-refractivity contribution in [3.05, 3.63) is 12.1 Å². The molecule has 0 radical (unpaired) electrons. The van der Waals surface area contributed by atoms with E-state index >= 15 is 0 Å². The summed E-state index contributed by atoms with van der Waals surface area (Å²) in [5.41, 5.74) is 0. The Kier molecular flexibility index (Phi) is 22.5. The molecule has 0 spiro atoms. The number of rotatable bonds is 0. The zero-order chi connectivity index (χ0) is 7.15. The fourth-order valence-electron chi connectivity index (χ4n) is 0. The monoisotopic (exact) mass is 230 g/mol. The van der Waals surface area contributed by atoms with E-state index in [1.165, 1.54) is 5.92 Å². The number of nitrogens with two attached hydrogens (primary N) is 1. The number of halogens is 3. The van der Waals surface area contributed by atoms with Gasteiger partial charge in [0.15, 0.2) is 0 Å². The van der Waals surface area contributed by atoms with Gasteiger partial charge in [-0.1, -0.05) is 0 Å². The third-order valence-electron chi connectivity index (χ3n) is 0. The Morgan fingerprint density at radius 3 is 1.00 bits per heavy atom. The zero-order valence-electron chi connectivity index (χ0n) is 5.62. The van der Waals surface area contributed by atoms with Crippen molar-refractivity contribution in [1.29, 1.82) is 0 Å². The van der Waals surface area contributed by atoms with E-state index in [2.05, 4.69) is 20.8 Å². The van der Waals surface area contributed by atoms with Crippen molar-refractivity contribution in [1.82, 2.24) is 0 Å². The van der Waals surface area contributed by atoms with E-state index in [1.807, 2.05) is 0 Å². The van der Waals surface area contributed by atoms with Gasteiger partial charge < -0.3 is 12.1 Å². The van der Waals surface area contributed by atoms with Gasteiger partial charge in [-0.05, 0) is 0 Å². The molecule has 0 amide bonds. The minimum Gasteiger partial charge on any atom is -0.693 e. The van der Waals surface area contributed by atoms with Crippen LogP contribution in [-0.4, -0.2) is 0 Å². The van der Waals surface area contributed by atoms with Gasteiger partial charge in [-0.25, -0.2) is 0 Å². The third-order valence-corrected chi connectivity index (χ3v) is 0. The molecule has 0 rings (SSSR count). The normalized spacial score (nSPS) is 8.00. The molecule has 0 aromatic heterocycles. The molecule has 0 heterocycles. The van der Waals surface area contributed by atoms with Gasteiger partial charge in [0.1, 0.15) is 0 Å². The average molecular weight is 231 g/mol. The second-order valence-corrected chi connectivity index (χ2v) is 7.99. The molecule has 2 N–H and O–H groups in total. The van der Waals surface area contributed by atoms with Gasteiger partial charge in [-0.15, -0.1) is 0 Å². The second-order valence-electron chi connectivity index (χ2n) is 1.67. The van der Waals surface area contributed by atoms with Gasteiger partial charge in [-0.3, -0.25) is 0 Å². The minimum atomic E-state index is -1.62. The van der Waals surface area contributed by atoms with Crippen molar-refractivity contribution in [2.45, 2.75) is 20.8 Å². The number of hydrogen-bond donors (Lipinski definition) is 0. The molecule has 5 heteroatoms. The molecule has 0 saturated heterocycles. The van der Waals surface area contributed by atoms with E-state index in [4.69, 9.17) is 30.1 Å². The summed E-state index contributed by atoms with van der Waals surface area (Å²) >= 11 is -1.62. The average Bonchev–Trinajstić information content (AvgIpc) is 1.25. The molecule has 0 aromatic rings. The molecule has 61 valence electrons. The van der Waals surface area contributed by atoms with E-state index < -0.39 is 11.4 Å². The summed E-state index contributed by atoms with van der Waals surface area (Å²) in [6.45, 7) is 6.25. The van der Waals surface area contributed by atoms with E-state index in [1.54, 1.807) is 0 Å². The summed E-state index contributed by atoms with van der Waals surface area (Å²) in [7, 11) is 14.8. The molecule has 0 unspecified atom stereocenters. The van der Waals surface area contributed by atoms with Crippen molar-refractivity contribution in [3.8, 4) is 0 Å². The van der Waals surface area contributed by atoms with E-state index in [-0.39, 0.29) is 6.15 Å². The topological polar surface area (TPSA) is 33.5 Å². The Morgan fingerprint density at radius 1 is 1.00 bits per heavy atom. The Bertz CT molecular complexity index is 31.3. The predicted molar refractivity (Wildman–Crippen MR) is 43.1 cm³/mol. The van der Waals surface area contributed by atoms with Crippen LogP contribution in [0.4, 0.5) is 0 Å². The standard InChI is InChI=1S/C4H9.3ClH.Cr.H2N/c1-4(2)3;;;;;/h1-3H3;3*1H;;1H2/q-1;;;;+3;-1/p-3. The van der Waals surface area contributed by atoms with Crippen molar-refractivity contribution >= 4 is 30.1 Å². The summed E-state index contributed by atoms with van der Waals surface area (Å²) in [6.07, 6.45) is 0. The first kappa shape index (κ1) is 16.8. The molecule has 1 nitrogen and oxygen atoms in total. The second kappa shape index (κ2) is 12.1. The van der Waals surface area contributed by atoms with Crippen LogP contribution in [0, 0.1) is 5.92 Å². The first-order valence-corrected chi connectivity index (χ1v) is 7.23. The summed E-state index contributed by atoms with van der Waals surface area (Å²) in [4.78, 5) is 0. The summed E-state index contributed by atoms with van der Waals surface area (Å²) in [5.74, 6) is 1.42. The van der Waals surface area contributed by atoms with Gasteiger partial charge in [0.25, 0.3) is 0 Å². The fourth-order valence-corrected chi connectivity index (χ4v) is 0. The molecule has 0 bridgehead atoms. The van der Waals surface area contributed by atoms with Crippen LogP contribution in [0.25, 0.3) is 6.15 Å². The first-order chi connectivity index (χ1) is 3.46. The fraction of sp³-hybridized carbons (Fsp3) is 0.750. The van der Waals surface area contributed by atoms with Gasteiger partial charge in [0.2, 0.25) is 0 Å². The van der Waals surface area contributed by atoms with Crippen LogP contribution in [0.5, 0.6) is 0 Å². The quantitative estimate of drug-likeness (QED) is 0.554. The summed E-state index contributed by atoms with van der Waals surface area (Å²) in [5, 5.41) is 0. The molecule has 0 aromatic carbocycles. The van der Waals surface area contributed by atoms with Crippen LogP contribution >= 0.6 is 30.1 Å². The molecule has 0 fully saturated rings. The maximum absolute atomic E-state index is 4.93. The largest absolute Gasteiger partial charge is 0.693 e. The SMILES string of the molecule is C[C-](C)C.[Cl][Cr]([Cl])[Cl].[NH2-]. The van der Waals surface area contributed by atoms with Crippen LogP contribution in [0.1, 0.15) is 20.8 Å². The molecule has 0 aliphatic heterocycles. The van der Waals surface area contributed by atoms with Crippen molar-refractivity contribution in [3.63, 3.8) is 0 Å². The molecule has 9 heavy (non-hydrogen) atoms. The molecule has 0 aliphatic carbocycles. The molecule has 0 atom stereocenters. The van der Waals surface area contributed by atoms with Gasteiger partial charge >= 0.3 is 41.5 Å². The predicted octanol–water partition coefficient (Wildman–Crippen LogP) is 4.40. The molecular formula is C4H11Cl3CrN-2. The molecule has 0 aliphatic rings. The van der Waals surface area contributed by atoms with Crippen LogP contribution < -0.4 is 0 Å².